The van der Waals surface area contributed by atoms with E-state index in [1.807, 2.05) is 22.7 Å². The molecule has 53 heavy (non-hydrogen) atoms. The average molecular weight is 718 g/mol. The van der Waals surface area contributed by atoms with Crippen LogP contribution in [0, 0.1) is 0 Å². The minimum Gasteiger partial charge on any atom is -0.350 e. The van der Waals surface area contributed by atoms with Crippen molar-refractivity contribution in [3.8, 4) is 22.3 Å². The van der Waals surface area contributed by atoms with E-state index in [0.29, 0.717) is 0 Å². The Balaban J connectivity index is 1.07. The van der Waals surface area contributed by atoms with Gasteiger partial charge in [0.25, 0.3) is 0 Å². The molecule has 0 bridgehead atoms. The van der Waals surface area contributed by atoms with Gasteiger partial charge in [0.1, 0.15) is 18.2 Å². The first-order valence-corrected chi connectivity index (χ1v) is 19.9. The summed E-state index contributed by atoms with van der Waals surface area (Å²) < 4.78 is 5.19. The van der Waals surface area contributed by atoms with Crippen LogP contribution in [0.2, 0.25) is 0 Å². The normalized spacial score (nSPS) is 17.6. The van der Waals surface area contributed by atoms with E-state index in [2.05, 4.69) is 176 Å². The molecule has 3 nitrogen and oxygen atoms in total. The highest BCUT2D eigenvalue weighted by Crippen LogP contribution is 2.49. The molecule has 2 atom stereocenters. The fourth-order valence-electron chi connectivity index (χ4n) is 8.75. The monoisotopic (exact) mass is 717 g/mol. The van der Waals surface area contributed by atoms with Gasteiger partial charge < -0.3 is 5.32 Å². The lowest BCUT2D eigenvalue weighted by atomic mass is 9.82. The third kappa shape index (κ3) is 4.78. The number of amidine groups is 1. The number of rotatable bonds is 4. The highest BCUT2D eigenvalue weighted by molar-refractivity contribution is 7.26. The number of thiophene rings is 2. The second-order valence-electron chi connectivity index (χ2n) is 14.8. The molecule has 11 rings (SSSR count). The highest BCUT2D eigenvalue weighted by Gasteiger charge is 2.36. The summed E-state index contributed by atoms with van der Waals surface area (Å²) in [7, 11) is 0. The molecule has 0 spiro atoms. The van der Waals surface area contributed by atoms with Crippen LogP contribution >= 0.6 is 22.7 Å². The molecule has 2 aromatic heterocycles. The largest absolute Gasteiger partial charge is 0.350 e. The SMILES string of the molecule is CC1(C)c2ccccc2-c2ccc(C3=NC(c4cccc5c4sc4ccccc45)NC(c4ccc5sc6cccc(-c7ccccc7)c6c5c4)N3)cc21. The van der Waals surface area contributed by atoms with Gasteiger partial charge in [0.05, 0.1) is 0 Å². The molecule has 0 fully saturated rings. The molecule has 1 aliphatic heterocycles. The Kier molecular flexibility index (Phi) is 6.84. The van der Waals surface area contributed by atoms with Crippen LogP contribution in [0.3, 0.4) is 0 Å². The molecule has 0 amide bonds. The van der Waals surface area contributed by atoms with E-state index < -0.39 is 0 Å². The quantitative estimate of drug-likeness (QED) is 0.190. The molecule has 2 aliphatic rings. The molecule has 1 aliphatic carbocycles. The molecule has 3 heterocycles. The maximum atomic E-state index is 5.50. The first-order valence-electron chi connectivity index (χ1n) is 18.3. The van der Waals surface area contributed by atoms with Crippen molar-refractivity contribution >= 4 is 68.9 Å². The maximum absolute atomic E-state index is 5.50. The number of hydrogen-bond donors (Lipinski definition) is 2. The van der Waals surface area contributed by atoms with E-state index in [9.17, 15) is 0 Å². The van der Waals surface area contributed by atoms with Gasteiger partial charge in [-0.25, -0.2) is 4.99 Å². The molecule has 2 N–H and O–H groups in total. The van der Waals surface area contributed by atoms with Gasteiger partial charge in [0, 0.05) is 56.9 Å². The average Bonchev–Trinajstić information content (AvgIpc) is 3.85. The zero-order valence-corrected chi connectivity index (χ0v) is 31.0. The smallest absolute Gasteiger partial charge is 0.131 e. The van der Waals surface area contributed by atoms with Crippen molar-refractivity contribution < 1.29 is 0 Å². The second-order valence-corrected chi connectivity index (χ2v) is 16.9. The number of fused-ring (bicyclic) bond motifs is 9. The van der Waals surface area contributed by atoms with Crippen LogP contribution < -0.4 is 10.6 Å². The summed E-state index contributed by atoms with van der Waals surface area (Å²) in [5.74, 6) is 0.909. The number of aliphatic imine (C=N–C) groups is 1. The van der Waals surface area contributed by atoms with Crippen molar-refractivity contribution in [3.05, 3.63) is 179 Å². The fourth-order valence-corrected chi connectivity index (χ4v) is 11.1. The standard InChI is InChI=1S/C48H35N3S2/c1-48(2)38-19-8-6-14-32(38)33-24-22-30(27-39(33)48)46-49-45(50-47(51-46)36-18-10-17-35-34-15-7-9-20-40(34)53-44(35)36)29-23-25-41-37(26-29)43-31(16-11-21-42(43)52-41)28-12-4-3-5-13-28/h3-27,45,47,50H,1-2H3,(H,49,51). The maximum Gasteiger partial charge on any atom is 0.131 e. The summed E-state index contributed by atoms with van der Waals surface area (Å²) in [5, 5.41) is 13.1. The highest BCUT2D eigenvalue weighted by atomic mass is 32.1. The number of hydrogen-bond acceptors (Lipinski definition) is 5. The first-order chi connectivity index (χ1) is 26.0. The molecule has 9 aromatic rings. The summed E-state index contributed by atoms with van der Waals surface area (Å²) in [4.78, 5) is 5.50. The molecular weight excluding hydrogens is 683 g/mol. The molecule has 5 heteroatoms. The first kappa shape index (κ1) is 31.0. The van der Waals surface area contributed by atoms with Crippen molar-refractivity contribution in [2.24, 2.45) is 4.99 Å². The van der Waals surface area contributed by atoms with Crippen molar-refractivity contribution in [3.63, 3.8) is 0 Å². The van der Waals surface area contributed by atoms with E-state index >= 15 is 0 Å². The van der Waals surface area contributed by atoms with Crippen LogP contribution in [-0.2, 0) is 5.41 Å². The Morgan fingerprint density at radius 2 is 1.28 bits per heavy atom. The van der Waals surface area contributed by atoms with Crippen LogP contribution in [0.4, 0.5) is 0 Å². The zero-order chi connectivity index (χ0) is 35.3. The van der Waals surface area contributed by atoms with Crippen LogP contribution in [0.5, 0.6) is 0 Å². The third-order valence-corrected chi connectivity index (χ3v) is 13.8. The summed E-state index contributed by atoms with van der Waals surface area (Å²) in [6.45, 7) is 4.69. The van der Waals surface area contributed by atoms with Gasteiger partial charge in [0.15, 0.2) is 0 Å². The molecule has 0 radical (unpaired) electrons. The summed E-state index contributed by atoms with van der Waals surface area (Å²) in [6, 6.07) is 55.6. The van der Waals surface area contributed by atoms with E-state index in [-0.39, 0.29) is 17.7 Å². The van der Waals surface area contributed by atoms with E-state index in [1.54, 1.807) is 0 Å². The van der Waals surface area contributed by atoms with E-state index in [0.717, 1.165) is 11.4 Å². The van der Waals surface area contributed by atoms with Crippen LogP contribution in [-0.4, -0.2) is 5.84 Å². The molecule has 0 saturated heterocycles. The van der Waals surface area contributed by atoms with Crippen LogP contribution in [0.25, 0.3) is 62.6 Å². The van der Waals surface area contributed by atoms with Gasteiger partial charge in [-0.05, 0) is 69.3 Å². The van der Waals surface area contributed by atoms with Crippen LogP contribution in [0.15, 0.2) is 157 Å². The molecule has 7 aromatic carbocycles. The minimum atomic E-state index is -0.249. The van der Waals surface area contributed by atoms with Crippen LogP contribution in [0.1, 0.15) is 54.0 Å². The number of nitrogens with one attached hydrogen (secondary N) is 2. The number of benzene rings is 7. The van der Waals surface area contributed by atoms with Crippen molar-refractivity contribution in [2.75, 3.05) is 0 Å². The second kappa shape index (κ2) is 11.7. The Morgan fingerprint density at radius 1 is 0.547 bits per heavy atom. The van der Waals surface area contributed by atoms with Gasteiger partial charge in [-0.2, -0.15) is 0 Å². The van der Waals surface area contributed by atoms with Crippen molar-refractivity contribution in [1.82, 2.24) is 10.6 Å². The van der Waals surface area contributed by atoms with Gasteiger partial charge >= 0.3 is 0 Å². The Morgan fingerprint density at radius 3 is 2.21 bits per heavy atom. The lowest BCUT2D eigenvalue weighted by Gasteiger charge is -2.33. The lowest BCUT2D eigenvalue weighted by Crippen LogP contribution is -2.45. The molecule has 254 valence electrons. The van der Waals surface area contributed by atoms with Gasteiger partial charge in [-0.3, -0.25) is 5.32 Å². The predicted octanol–water partition coefficient (Wildman–Crippen LogP) is 12.7. The van der Waals surface area contributed by atoms with Gasteiger partial charge in [-0.15, -0.1) is 22.7 Å². The summed E-state index contributed by atoms with van der Waals surface area (Å²) in [6.07, 6.45) is -0.417. The predicted molar refractivity (Wildman–Crippen MR) is 226 cm³/mol. The van der Waals surface area contributed by atoms with E-state index in [4.69, 9.17) is 4.99 Å². The topological polar surface area (TPSA) is 36.4 Å². The summed E-state index contributed by atoms with van der Waals surface area (Å²) >= 11 is 3.73. The Hall–Kier alpha value is -5.59. The van der Waals surface area contributed by atoms with Crippen molar-refractivity contribution in [2.45, 2.75) is 31.6 Å². The summed E-state index contributed by atoms with van der Waals surface area (Å²) in [5.41, 5.74) is 11.3. The van der Waals surface area contributed by atoms with Crippen molar-refractivity contribution in [1.29, 1.82) is 0 Å². The zero-order valence-electron chi connectivity index (χ0n) is 29.4. The van der Waals surface area contributed by atoms with Gasteiger partial charge in [-0.1, -0.05) is 135 Å². The lowest BCUT2D eigenvalue weighted by molar-refractivity contribution is 0.411. The Labute approximate surface area is 316 Å². The minimum absolute atomic E-state index is 0.0988. The molecule has 0 saturated carbocycles. The third-order valence-electron chi connectivity index (χ3n) is 11.4. The number of nitrogens with zero attached hydrogens (tertiary/aromatic N) is 1. The van der Waals surface area contributed by atoms with Gasteiger partial charge in [0.2, 0.25) is 0 Å². The Bertz CT molecular complexity index is 2950. The van der Waals surface area contributed by atoms with E-state index in [1.165, 1.54) is 84.9 Å². The fraction of sp³-hybridized carbons (Fsp3) is 0.104. The molecular formula is C48H35N3S2. The molecule has 2 unspecified atom stereocenters.